The summed E-state index contributed by atoms with van der Waals surface area (Å²) >= 11 is 5.26. The van der Waals surface area contributed by atoms with Gasteiger partial charge in [-0.3, -0.25) is 0 Å². The topological polar surface area (TPSA) is 55.4 Å². The minimum Gasteiger partial charge on any atom is -0.493 e. The van der Waals surface area contributed by atoms with Crippen LogP contribution in [0.3, 0.4) is 0 Å². The lowest BCUT2D eigenvalue weighted by molar-refractivity contribution is 0.374. The van der Waals surface area contributed by atoms with E-state index in [4.69, 9.17) is 21.7 Å². The lowest BCUT2D eigenvalue weighted by Gasteiger charge is -2.12. The number of nitrogens with one attached hydrogen (secondary N) is 2. The molecular formula is C20H18FN3O2S. The van der Waals surface area contributed by atoms with Gasteiger partial charge in [0.05, 0.1) is 19.0 Å². The second-order valence-electron chi connectivity index (χ2n) is 5.57. The molecule has 0 bridgehead atoms. The molecule has 2 aromatic carbocycles. The molecule has 0 fully saturated rings. The predicted molar refractivity (Wildman–Crippen MR) is 107 cm³/mol. The minimum atomic E-state index is -0.263. The van der Waals surface area contributed by atoms with E-state index in [0.29, 0.717) is 29.0 Å². The summed E-state index contributed by atoms with van der Waals surface area (Å²) in [6.07, 6.45) is 1.62. The van der Waals surface area contributed by atoms with Gasteiger partial charge in [-0.05, 0) is 48.1 Å². The molecule has 0 saturated heterocycles. The Morgan fingerprint density at radius 2 is 1.78 bits per heavy atom. The molecule has 3 rings (SSSR count). The monoisotopic (exact) mass is 383 g/mol. The van der Waals surface area contributed by atoms with E-state index in [1.165, 1.54) is 12.1 Å². The average molecular weight is 383 g/mol. The molecule has 27 heavy (non-hydrogen) atoms. The number of hydrogen-bond acceptors (Lipinski definition) is 4. The molecule has 0 saturated carbocycles. The summed E-state index contributed by atoms with van der Waals surface area (Å²) in [6, 6.07) is 17.1. The molecule has 0 aliphatic carbocycles. The van der Waals surface area contributed by atoms with Crippen LogP contribution in [0, 0.1) is 5.82 Å². The van der Waals surface area contributed by atoms with E-state index in [1.807, 2.05) is 24.3 Å². The Labute approximate surface area is 162 Å². The maximum Gasteiger partial charge on any atom is 0.219 e. The van der Waals surface area contributed by atoms with Gasteiger partial charge in [0.25, 0.3) is 0 Å². The lowest BCUT2D eigenvalue weighted by Crippen LogP contribution is -2.27. The fourth-order valence-corrected chi connectivity index (χ4v) is 2.48. The molecule has 3 aromatic rings. The van der Waals surface area contributed by atoms with Crippen LogP contribution in [0.5, 0.6) is 17.4 Å². The van der Waals surface area contributed by atoms with Crippen molar-refractivity contribution in [1.82, 2.24) is 10.3 Å². The van der Waals surface area contributed by atoms with Crippen LogP contribution >= 0.6 is 12.2 Å². The number of halogens is 1. The zero-order valence-electron chi connectivity index (χ0n) is 14.6. The zero-order chi connectivity index (χ0) is 19.1. The van der Waals surface area contributed by atoms with Crippen molar-refractivity contribution in [3.8, 4) is 17.4 Å². The molecule has 0 amide bonds. The fourth-order valence-electron chi connectivity index (χ4n) is 2.29. The number of benzene rings is 2. The van der Waals surface area contributed by atoms with Crippen LogP contribution in [0.15, 0.2) is 66.9 Å². The molecule has 0 radical (unpaired) electrons. The van der Waals surface area contributed by atoms with E-state index in [-0.39, 0.29) is 5.82 Å². The van der Waals surface area contributed by atoms with Crippen molar-refractivity contribution in [2.45, 2.75) is 6.54 Å². The molecule has 5 nitrogen and oxygen atoms in total. The molecular weight excluding hydrogens is 365 g/mol. The van der Waals surface area contributed by atoms with E-state index in [0.717, 1.165) is 11.3 Å². The number of hydrogen-bond donors (Lipinski definition) is 2. The summed E-state index contributed by atoms with van der Waals surface area (Å²) in [7, 11) is 1.59. The minimum absolute atomic E-state index is 0.263. The molecule has 0 spiro atoms. The van der Waals surface area contributed by atoms with E-state index in [2.05, 4.69) is 15.6 Å². The summed E-state index contributed by atoms with van der Waals surface area (Å²) < 4.78 is 23.9. The van der Waals surface area contributed by atoms with Crippen LogP contribution in [-0.4, -0.2) is 17.2 Å². The Morgan fingerprint density at radius 1 is 1.04 bits per heavy atom. The van der Waals surface area contributed by atoms with Crippen LogP contribution in [0.2, 0.25) is 0 Å². The van der Waals surface area contributed by atoms with Crippen molar-refractivity contribution in [3.63, 3.8) is 0 Å². The first kappa shape index (κ1) is 18.6. The van der Waals surface area contributed by atoms with Crippen molar-refractivity contribution in [2.75, 3.05) is 12.4 Å². The van der Waals surface area contributed by atoms with Crippen molar-refractivity contribution in [3.05, 3.63) is 78.2 Å². The van der Waals surface area contributed by atoms with Gasteiger partial charge in [0.15, 0.2) is 16.6 Å². The van der Waals surface area contributed by atoms with Crippen LogP contribution in [0.1, 0.15) is 5.56 Å². The van der Waals surface area contributed by atoms with Crippen LogP contribution in [0.25, 0.3) is 0 Å². The predicted octanol–water partition coefficient (Wildman–Crippen LogP) is 4.51. The third-order valence-corrected chi connectivity index (χ3v) is 3.89. The first-order valence-corrected chi connectivity index (χ1v) is 8.61. The number of pyridine rings is 1. The van der Waals surface area contributed by atoms with Crippen molar-refractivity contribution >= 4 is 23.0 Å². The Bertz CT molecular complexity index is 902. The molecule has 7 heteroatoms. The summed E-state index contributed by atoms with van der Waals surface area (Å²) in [4.78, 5) is 4.26. The van der Waals surface area contributed by atoms with Gasteiger partial charge in [-0.15, -0.1) is 0 Å². The van der Waals surface area contributed by atoms with Gasteiger partial charge in [0.1, 0.15) is 5.82 Å². The molecule has 0 unspecified atom stereocenters. The normalized spacial score (nSPS) is 10.1. The highest BCUT2D eigenvalue weighted by atomic mass is 32.1. The number of thiocarbonyl (C=S) groups is 1. The van der Waals surface area contributed by atoms with Gasteiger partial charge in [-0.2, -0.15) is 0 Å². The third-order valence-electron chi connectivity index (χ3n) is 3.64. The number of methoxy groups -OCH3 is 1. The summed E-state index contributed by atoms with van der Waals surface area (Å²) in [5.74, 6) is 1.40. The van der Waals surface area contributed by atoms with Crippen LogP contribution in [-0.2, 0) is 6.54 Å². The van der Waals surface area contributed by atoms with Gasteiger partial charge < -0.3 is 20.1 Å². The summed E-state index contributed by atoms with van der Waals surface area (Å²) in [5.41, 5.74) is 1.65. The standard InChI is InChI=1S/C20H18FN3O2S/c1-25-17-4-2-3-5-18(17)26-19-11-10-16(13-22-19)24-20(27)23-12-14-6-8-15(21)9-7-14/h2-11,13H,12H2,1H3,(H2,23,24,27). The lowest BCUT2D eigenvalue weighted by atomic mass is 10.2. The number of nitrogens with zero attached hydrogens (tertiary/aromatic N) is 1. The van der Waals surface area contributed by atoms with Gasteiger partial charge in [0.2, 0.25) is 5.88 Å². The zero-order valence-corrected chi connectivity index (χ0v) is 15.4. The maximum atomic E-state index is 12.9. The largest absolute Gasteiger partial charge is 0.493 e. The van der Waals surface area contributed by atoms with Gasteiger partial charge in [0, 0.05) is 12.6 Å². The van der Waals surface area contributed by atoms with E-state index >= 15 is 0 Å². The average Bonchev–Trinajstić information content (AvgIpc) is 2.69. The number of ether oxygens (including phenoxy) is 2. The molecule has 0 aliphatic rings. The first-order chi connectivity index (χ1) is 13.1. The smallest absolute Gasteiger partial charge is 0.219 e. The first-order valence-electron chi connectivity index (χ1n) is 8.20. The molecule has 1 heterocycles. The molecule has 2 N–H and O–H groups in total. The van der Waals surface area contributed by atoms with Crippen LogP contribution < -0.4 is 20.1 Å². The third kappa shape index (κ3) is 5.39. The quantitative estimate of drug-likeness (QED) is 0.611. The maximum absolute atomic E-state index is 12.9. The van der Waals surface area contributed by atoms with Crippen molar-refractivity contribution in [1.29, 1.82) is 0 Å². The van der Waals surface area contributed by atoms with Gasteiger partial charge in [-0.1, -0.05) is 24.3 Å². The Morgan fingerprint density at radius 3 is 2.44 bits per heavy atom. The number of para-hydroxylation sites is 2. The molecule has 0 aliphatic heterocycles. The highest BCUT2D eigenvalue weighted by Gasteiger charge is 2.06. The number of aromatic nitrogens is 1. The SMILES string of the molecule is COc1ccccc1Oc1ccc(NC(=S)NCc2ccc(F)cc2)cn1. The number of rotatable bonds is 6. The second kappa shape index (κ2) is 8.95. The van der Waals surface area contributed by atoms with Crippen molar-refractivity contribution < 1.29 is 13.9 Å². The Kier molecular flexibility index (Phi) is 6.17. The molecule has 1 aromatic heterocycles. The second-order valence-corrected chi connectivity index (χ2v) is 5.98. The van der Waals surface area contributed by atoms with E-state index < -0.39 is 0 Å². The highest BCUT2D eigenvalue weighted by molar-refractivity contribution is 7.80. The highest BCUT2D eigenvalue weighted by Crippen LogP contribution is 2.30. The van der Waals surface area contributed by atoms with Gasteiger partial charge >= 0.3 is 0 Å². The molecule has 138 valence electrons. The summed E-state index contributed by atoms with van der Waals surface area (Å²) in [6.45, 7) is 0.495. The Balaban J connectivity index is 1.54. The van der Waals surface area contributed by atoms with E-state index in [1.54, 1.807) is 37.6 Å². The van der Waals surface area contributed by atoms with E-state index in [9.17, 15) is 4.39 Å². The fraction of sp³-hybridized carbons (Fsp3) is 0.100. The Hall–Kier alpha value is -3.19. The van der Waals surface area contributed by atoms with Crippen LogP contribution in [0.4, 0.5) is 10.1 Å². The molecule has 0 atom stereocenters. The van der Waals surface area contributed by atoms with Gasteiger partial charge in [-0.25, -0.2) is 9.37 Å². The number of anilines is 1. The summed E-state index contributed by atoms with van der Waals surface area (Å²) in [5, 5.41) is 6.54. The van der Waals surface area contributed by atoms with Crippen molar-refractivity contribution in [2.24, 2.45) is 0 Å².